The molecule has 0 unspecified atom stereocenters. The fourth-order valence-corrected chi connectivity index (χ4v) is 3.63. The van der Waals surface area contributed by atoms with Crippen molar-refractivity contribution < 1.29 is 27.2 Å². The molecule has 0 saturated carbocycles. The average molecular weight is 439 g/mol. The molecule has 2 heterocycles. The van der Waals surface area contributed by atoms with Gasteiger partial charge in [0.15, 0.2) is 0 Å². The van der Waals surface area contributed by atoms with Crippen LogP contribution in [0.5, 0.6) is 5.75 Å². The Morgan fingerprint density at radius 2 is 1.90 bits per heavy atom. The second-order valence-corrected chi connectivity index (χ2v) is 7.78. The Hall–Kier alpha value is -2.55. The molecule has 0 radical (unpaired) electrons. The number of unbranched alkanes of at least 4 members (excludes halogenated alkanes) is 1. The highest BCUT2D eigenvalue weighted by Gasteiger charge is 2.30. The molecule has 2 aromatic rings. The average Bonchev–Trinajstić information content (AvgIpc) is 3.05. The van der Waals surface area contributed by atoms with Gasteiger partial charge < -0.3 is 14.2 Å². The maximum Gasteiger partial charge on any atom is 0.416 e. The van der Waals surface area contributed by atoms with E-state index in [4.69, 9.17) is 9.26 Å². The number of alkyl halides is 3. The van der Waals surface area contributed by atoms with E-state index in [1.807, 2.05) is 18.7 Å². The molecule has 0 N–H and O–H groups in total. The van der Waals surface area contributed by atoms with E-state index >= 15 is 0 Å². The number of aryl methyl sites for hydroxylation is 2. The van der Waals surface area contributed by atoms with Crippen LogP contribution >= 0.6 is 0 Å². The van der Waals surface area contributed by atoms with Crippen molar-refractivity contribution in [2.24, 2.45) is 0 Å². The van der Waals surface area contributed by atoms with Crippen molar-refractivity contribution in [2.45, 2.75) is 39.3 Å². The highest BCUT2D eigenvalue weighted by atomic mass is 19.4. The molecule has 0 aliphatic carbocycles. The van der Waals surface area contributed by atoms with Gasteiger partial charge in [0.2, 0.25) is 5.91 Å². The Morgan fingerprint density at radius 3 is 2.55 bits per heavy atom. The molecule has 0 spiro atoms. The fourth-order valence-electron chi connectivity index (χ4n) is 3.63. The van der Waals surface area contributed by atoms with Gasteiger partial charge in [-0.05, 0) is 51.4 Å². The first-order valence-corrected chi connectivity index (χ1v) is 10.5. The van der Waals surface area contributed by atoms with Gasteiger partial charge in [-0.1, -0.05) is 11.2 Å². The number of carbonyl (C=O) groups is 1. The van der Waals surface area contributed by atoms with Crippen molar-refractivity contribution in [2.75, 3.05) is 39.3 Å². The first-order valence-electron chi connectivity index (χ1n) is 10.5. The summed E-state index contributed by atoms with van der Waals surface area (Å²) in [4.78, 5) is 16.7. The van der Waals surface area contributed by atoms with Crippen molar-refractivity contribution in [3.05, 3.63) is 46.8 Å². The molecule has 31 heavy (non-hydrogen) atoms. The summed E-state index contributed by atoms with van der Waals surface area (Å²) in [7, 11) is 0. The summed E-state index contributed by atoms with van der Waals surface area (Å²) in [6.07, 6.45) is -2.42. The summed E-state index contributed by atoms with van der Waals surface area (Å²) in [5.74, 6) is 1.01. The van der Waals surface area contributed by atoms with Crippen LogP contribution in [0.3, 0.4) is 0 Å². The van der Waals surface area contributed by atoms with Crippen LogP contribution in [0.4, 0.5) is 13.2 Å². The van der Waals surface area contributed by atoms with E-state index in [2.05, 4.69) is 10.1 Å². The van der Waals surface area contributed by atoms with Crippen molar-refractivity contribution >= 4 is 5.91 Å². The summed E-state index contributed by atoms with van der Waals surface area (Å²) in [5, 5.41) is 3.90. The molecular formula is C22H28F3N3O3. The first-order chi connectivity index (χ1) is 14.7. The maximum absolute atomic E-state index is 12.7. The molecule has 1 aliphatic heterocycles. The molecular weight excluding hydrogens is 411 g/mol. The third kappa shape index (κ3) is 6.46. The number of rotatable bonds is 8. The van der Waals surface area contributed by atoms with Gasteiger partial charge in [0.25, 0.3) is 0 Å². The van der Waals surface area contributed by atoms with E-state index in [-0.39, 0.29) is 11.7 Å². The molecule has 1 fully saturated rings. The molecule has 3 rings (SSSR count). The number of halogens is 3. The van der Waals surface area contributed by atoms with Gasteiger partial charge in [0.1, 0.15) is 11.5 Å². The van der Waals surface area contributed by atoms with E-state index in [0.717, 1.165) is 55.9 Å². The number of piperazine rings is 1. The molecule has 6 nitrogen and oxygen atoms in total. The highest BCUT2D eigenvalue weighted by molar-refractivity contribution is 5.79. The van der Waals surface area contributed by atoms with Gasteiger partial charge in [-0.15, -0.1) is 0 Å². The summed E-state index contributed by atoms with van der Waals surface area (Å²) in [5.41, 5.74) is 0.928. The number of carbonyl (C=O) groups excluding carboxylic acids is 1. The molecule has 1 aromatic carbocycles. The quantitative estimate of drug-likeness (QED) is 0.585. The summed E-state index contributed by atoms with van der Waals surface area (Å²) in [6.45, 7) is 7.88. The first kappa shape index (κ1) is 23.1. The second-order valence-electron chi connectivity index (χ2n) is 7.78. The Bertz CT molecular complexity index is 855. The number of benzene rings is 1. The molecule has 9 heteroatoms. The van der Waals surface area contributed by atoms with Gasteiger partial charge >= 0.3 is 6.18 Å². The number of nitrogens with zero attached hydrogens (tertiary/aromatic N) is 3. The van der Waals surface area contributed by atoms with Crippen molar-refractivity contribution in [3.63, 3.8) is 0 Å². The van der Waals surface area contributed by atoms with Crippen LogP contribution in [0.1, 0.15) is 35.4 Å². The molecule has 1 aromatic heterocycles. The Morgan fingerprint density at radius 1 is 1.16 bits per heavy atom. The number of aromatic nitrogens is 1. The van der Waals surface area contributed by atoms with E-state index in [1.165, 1.54) is 12.1 Å². The third-order valence-electron chi connectivity index (χ3n) is 5.53. The van der Waals surface area contributed by atoms with Crippen LogP contribution < -0.4 is 4.74 Å². The van der Waals surface area contributed by atoms with Gasteiger partial charge in [-0.25, -0.2) is 0 Å². The Labute approximate surface area is 179 Å². The molecule has 1 aliphatic rings. The monoisotopic (exact) mass is 439 g/mol. The van der Waals surface area contributed by atoms with E-state index in [0.29, 0.717) is 31.9 Å². The zero-order chi connectivity index (χ0) is 22.4. The van der Waals surface area contributed by atoms with E-state index in [9.17, 15) is 18.0 Å². The van der Waals surface area contributed by atoms with Crippen LogP contribution in [-0.2, 0) is 17.4 Å². The van der Waals surface area contributed by atoms with Gasteiger partial charge in [0, 0.05) is 31.7 Å². The lowest BCUT2D eigenvalue weighted by atomic mass is 10.1. The Balaban J connectivity index is 1.32. The third-order valence-corrected chi connectivity index (χ3v) is 5.53. The number of hydrogen-bond acceptors (Lipinski definition) is 5. The van der Waals surface area contributed by atoms with E-state index in [1.54, 1.807) is 0 Å². The van der Waals surface area contributed by atoms with E-state index < -0.39 is 11.7 Å². The SMILES string of the molecule is Cc1noc(C)c1CC(=O)N1CCN(CCCCOc2cccc(C(F)(F)F)c2)CC1. The Kier molecular flexibility index (Phi) is 7.59. The summed E-state index contributed by atoms with van der Waals surface area (Å²) in [6, 6.07) is 4.95. The summed E-state index contributed by atoms with van der Waals surface area (Å²) < 4.78 is 48.8. The fraction of sp³-hybridized carbons (Fsp3) is 0.545. The van der Waals surface area contributed by atoms with Gasteiger partial charge in [-0.2, -0.15) is 13.2 Å². The zero-order valence-electron chi connectivity index (χ0n) is 17.9. The molecule has 0 bridgehead atoms. The minimum atomic E-state index is -4.37. The van der Waals surface area contributed by atoms with Gasteiger partial charge in [0.05, 0.1) is 24.3 Å². The van der Waals surface area contributed by atoms with Crippen LogP contribution in [0.2, 0.25) is 0 Å². The largest absolute Gasteiger partial charge is 0.494 e. The minimum absolute atomic E-state index is 0.0866. The van der Waals surface area contributed by atoms with Crippen molar-refractivity contribution in [3.8, 4) is 5.75 Å². The summed E-state index contributed by atoms with van der Waals surface area (Å²) >= 11 is 0. The predicted octanol–water partition coefficient (Wildman–Crippen LogP) is 3.86. The van der Waals surface area contributed by atoms with Crippen LogP contribution in [0.15, 0.2) is 28.8 Å². The lowest BCUT2D eigenvalue weighted by Gasteiger charge is -2.34. The minimum Gasteiger partial charge on any atom is -0.494 e. The maximum atomic E-state index is 12.7. The van der Waals surface area contributed by atoms with Crippen LogP contribution in [0.25, 0.3) is 0 Å². The second kappa shape index (κ2) is 10.2. The lowest BCUT2D eigenvalue weighted by Crippen LogP contribution is -2.49. The molecule has 1 amide bonds. The van der Waals surface area contributed by atoms with Crippen molar-refractivity contribution in [1.29, 1.82) is 0 Å². The standard InChI is InChI=1S/C22H28F3N3O3/c1-16-20(17(2)31-26-16)15-21(29)28-11-9-27(10-12-28)8-3-4-13-30-19-7-5-6-18(14-19)22(23,24)25/h5-7,14H,3-4,8-13,15H2,1-2H3. The normalized spacial score (nSPS) is 15.3. The number of amides is 1. The molecule has 170 valence electrons. The van der Waals surface area contributed by atoms with Crippen LogP contribution in [-0.4, -0.2) is 60.2 Å². The molecule has 1 saturated heterocycles. The van der Waals surface area contributed by atoms with Gasteiger partial charge in [-0.3, -0.25) is 9.69 Å². The number of ether oxygens (including phenoxy) is 1. The molecule has 0 atom stereocenters. The zero-order valence-corrected chi connectivity index (χ0v) is 17.9. The topological polar surface area (TPSA) is 58.8 Å². The lowest BCUT2D eigenvalue weighted by molar-refractivity contribution is -0.137. The smallest absolute Gasteiger partial charge is 0.416 e. The predicted molar refractivity (Wildman–Crippen MR) is 109 cm³/mol. The number of hydrogen-bond donors (Lipinski definition) is 0. The highest BCUT2D eigenvalue weighted by Crippen LogP contribution is 2.31. The van der Waals surface area contributed by atoms with Crippen LogP contribution in [0, 0.1) is 13.8 Å². The van der Waals surface area contributed by atoms with Crippen molar-refractivity contribution in [1.82, 2.24) is 15.0 Å².